The minimum Gasteiger partial charge on any atom is -0.487 e. The Kier molecular flexibility index (Phi) is 4.99. The average molecular weight is 283 g/mol. The van der Waals surface area contributed by atoms with E-state index in [1.165, 1.54) is 12.5 Å². The van der Waals surface area contributed by atoms with E-state index >= 15 is 0 Å². The number of nitrogens with one attached hydrogen (secondary N) is 1. The van der Waals surface area contributed by atoms with Crippen LogP contribution in [0.5, 0.6) is 5.75 Å². The number of amides is 1. The molecule has 2 rings (SSSR count). The Morgan fingerprint density at radius 2 is 1.76 bits per heavy atom. The van der Waals surface area contributed by atoms with E-state index in [2.05, 4.69) is 43.4 Å². The highest BCUT2D eigenvalue weighted by Gasteiger charge is 2.05. The summed E-state index contributed by atoms with van der Waals surface area (Å²) in [5.74, 6) is 1.11. The van der Waals surface area contributed by atoms with Gasteiger partial charge in [0, 0.05) is 6.92 Å². The van der Waals surface area contributed by atoms with Crippen molar-refractivity contribution in [1.82, 2.24) is 0 Å². The fourth-order valence-corrected chi connectivity index (χ4v) is 2.05. The molecule has 0 unspecified atom stereocenters. The van der Waals surface area contributed by atoms with Crippen LogP contribution in [0.1, 0.15) is 37.8 Å². The Bertz CT molecular complexity index is 603. The minimum atomic E-state index is -0.104. The first kappa shape index (κ1) is 15.1. The maximum absolute atomic E-state index is 11.2. The molecule has 0 aliphatic carbocycles. The molecule has 110 valence electrons. The molecule has 1 N–H and O–H groups in total. The molecule has 0 aliphatic heterocycles. The average Bonchev–Trinajstić information content (AvgIpc) is 2.46. The summed E-state index contributed by atoms with van der Waals surface area (Å²) in [6.07, 6.45) is 0. The van der Waals surface area contributed by atoms with Gasteiger partial charge in [-0.15, -0.1) is 0 Å². The lowest BCUT2D eigenvalue weighted by Gasteiger charge is -2.12. The van der Waals surface area contributed by atoms with Crippen LogP contribution in [0.3, 0.4) is 0 Å². The summed E-state index contributed by atoms with van der Waals surface area (Å²) in [5, 5.41) is 2.77. The summed E-state index contributed by atoms with van der Waals surface area (Å²) in [5.41, 5.74) is 3.12. The zero-order valence-electron chi connectivity index (χ0n) is 12.7. The summed E-state index contributed by atoms with van der Waals surface area (Å²) in [6, 6.07) is 15.9. The van der Waals surface area contributed by atoms with E-state index in [1.54, 1.807) is 0 Å². The molecule has 3 heteroatoms. The van der Waals surface area contributed by atoms with Gasteiger partial charge in [-0.3, -0.25) is 4.79 Å². The highest BCUT2D eigenvalue weighted by atomic mass is 16.5. The minimum absolute atomic E-state index is 0.104. The van der Waals surface area contributed by atoms with E-state index in [1.807, 2.05) is 24.3 Å². The van der Waals surface area contributed by atoms with Crippen molar-refractivity contribution in [2.24, 2.45) is 0 Å². The van der Waals surface area contributed by atoms with Crippen LogP contribution in [0.25, 0.3) is 0 Å². The first-order valence-corrected chi connectivity index (χ1v) is 7.14. The number of anilines is 1. The largest absolute Gasteiger partial charge is 0.487 e. The smallest absolute Gasteiger partial charge is 0.221 e. The number of hydrogen-bond acceptors (Lipinski definition) is 2. The van der Waals surface area contributed by atoms with Gasteiger partial charge in [-0.05, 0) is 29.2 Å². The zero-order valence-corrected chi connectivity index (χ0v) is 12.7. The summed E-state index contributed by atoms with van der Waals surface area (Å²) >= 11 is 0. The van der Waals surface area contributed by atoms with E-state index < -0.39 is 0 Å². The van der Waals surface area contributed by atoms with Crippen LogP contribution in [0.15, 0.2) is 48.5 Å². The molecule has 21 heavy (non-hydrogen) atoms. The van der Waals surface area contributed by atoms with E-state index in [-0.39, 0.29) is 5.91 Å². The quantitative estimate of drug-likeness (QED) is 0.886. The number of para-hydroxylation sites is 2. The number of carbonyl (C=O) groups excluding carboxylic acids is 1. The van der Waals surface area contributed by atoms with Crippen LogP contribution < -0.4 is 10.1 Å². The predicted molar refractivity (Wildman–Crippen MR) is 85.6 cm³/mol. The van der Waals surface area contributed by atoms with E-state index in [4.69, 9.17) is 4.74 Å². The maximum atomic E-state index is 11.2. The molecule has 0 saturated heterocycles. The number of hydrogen-bond donors (Lipinski definition) is 1. The topological polar surface area (TPSA) is 38.3 Å². The standard InChI is InChI=1S/C18H21NO2/c1-13(2)16-10-8-15(9-11-16)12-21-18-7-5-4-6-17(18)19-14(3)20/h4-11,13H,12H2,1-3H3,(H,19,20). The number of carbonyl (C=O) groups is 1. The Morgan fingerprint density at radius 3 is 2.38 bits per heavy atom. The fourth-order valence-electron chi connectivity index (χ4n) is 2.05. The normalized spacial score (nSPS) is 10.5. The van der Waals surface area contributed by atoms with Crippen molar-refractivity contribution >= 4 is 11.6 Å². The monoisotopic (exact) mass is 283 g/mol. The van der Waals surface area contributed by atoms with E-state index in [0.29, 0.717) is 24.0 Å². The molecule has 0 aromatic heterocycles. The molecule has 0 fully saturated rings. The lowest BCUT2D eigenvalue weighted by molar-refractivity contribution is -0.114. The van der Waals surface area contributed by atoms with Crippen LogP contribution >= 0.6 is 0 Å². The first-order chi connectivity index (χ1) is 10.1. The van der Waals surface area contributed by atoms with Crippen LogP contribution in [-0.4, -0.2) is 5.91 Å². The van der Waals surface area contributed by atoms with E-state index in [0.717, 1.165) is 5.56 Å². The Balaban J connectivity index is 2.04. The molecule has 0 spiro atoms. The lowest BCUT2D eigenvalue weighted by atomic mass is 10.0. The van der Waals surface area contributed by atoms with Crippen molar-refractivity contribution in [3.63, 3.8) is 0 Å². The fraction of sp³-hybridized carbons (Fsp3) is 0.278. The SMILES string of the molecule is CC(=O)Nc1ccccc1OCc1ccc(C(C)C)cc1. The van der Waals surface area contributed by atoms with Crippen LogP contribution in [0, 0.1) is 0 Å². The van der Waals surface area contributed by atoms with Gasteiger partial charge in [-0.25, -0.2) is 0 Å². The molecule has 1 amide bonds. The second kappa shape index (κ2) is 6.93. The third-order valence-electron chi connectivity index (χ3n) is 3.24. The van der Waals surface area contributed by atoms with Gasteiger partial charge in [0.1, 0.15) is 12.4 Å². The summed E-state index contributed by atoms with van der Waals surface area (Å²) in [4.78, 5) is 11.2. The molecule has 0 heterocycles. The number of rotatable bonds is 5. The van der Waals surface area contributed by atoms with Crippen molar-refractivity contribution < 1.29 is 9.53 Å². The molecule has 0 radical (unpaired) electrons. The third kappa shape index (κ3) is 4.35. The van der Waals surface area contributed by atoms with Gasteiger partial charge >= 0.3 is 0 Å². The zero-order chi connectivity index (χ0) is 15.2. The molecule has 3 nitrogen and oxygen atoms in total. The van der Waals surface area contributed by atoms with Crippen LogP contribution in [0.2, 0.25) is 0 Å². The number of benzene rings is 2. The second-order valence-corrected chi connectivity index (χ2v) is 5.36. The molecular formula is C18H21NO2. The summed E-state index contributed by atoms with van der Waals surface area (Å²) in [6.45, 7) is 6.32. The van der Waals surface area contributed by atoms with Crippen molar-refractivity contribution in [3.05, 3.63) is 59.7 Å². The van der Waals surface area contributed by atoms with Gasteiger partial charge < -0.3 is 10.1 Å². The van der Waals surface area contributed by atoms with Crippen molar-refractivity contribution in [2.45, 2.75) is 33.3 Å². The van der Waals surface area contributed by atoms with Crippen molar-refractivity contribution in [1.29, 1.82) is 0 Å². The third-order valence-corrected chi connectivity index (χ3v) is 3.24. The Labute approximate surface area is 126 Å². The maximum Gasteiger partial charge on any atom is 0.221 e. The lowest BCUT2D eigenvalue weighted by Crippen LogP contribution is -2.07. The highest BCUT2D eigenvalue weighted by Crippen LogP contribution is 2.25. The van der Waals surface area contributed by atoms with Crippen LogP contribution in [-0.2, 0) is 11.4 Å². The molecule has 2 aromatic carbocycles. The van der Waals surface area contributed by atoms with Crippen LogP contribution in [0.4, 0.5) is 5.69 Å². The summed E-state index contributed by atoms with van der Waals surface area (Å²) < 4.78 is 5.81. The van der Waals surface area contributed by atoms with Gasteiger partial charge in [-0.1, -0.05) is 50.2 Å². The summed E-state index contributed by atoms with van der Waals surface area (Å²) in [7, 11) is 0. The highest BCUT2D eigenvalue weighted by molar-refractivity contribution is 5.90. The number of ether oxygens (including phenoxy) is 1. The van der Waals surface area contributed by atoms with Gasteiger partial charge in [0.25, 0.3) is 0 Å². The molecule has 0 saturated carbocycles. The molecule has 0 bridgehead atoms. The van der Waals surface area contributed by atoms with Gasteiger partial charge in [-0.2, -0.15) is 0 Å². The molecule has 0 aliphatic rings. The molecular weight excluding hydrogens is 262 g/mol. The Morgan fingerprint density at radius 1 is 1.10 bits per heavy atom. The first-order valence-electron chi connectivity index (χ1n) is 7.14. The van der Waals surface area contributed by atoms with Crippen molar-refractivity contribution in [2.75, 3.05) is 5.32 Å². The molecule has 2 aromatic rings. The van der Waals surface area contributed by atoms with Crippen molar-refractivity contribution in [3.8, 4) is 5.75 Å². The Hall–Kier alpha value is -2.29. The predicted octanol–water partition coefficient (Wildman–Crippen LogP) is 4.35. The van der Waals surface area contributed by atoms with Gasteiger partial charge in [0.15, 0.2) is 0 Å². The molecule has 0 atom stereocenters. The van der Waals surface area contributed by atoms with Gasteiger partial charge in [0.05, 0.1) is 5.69 Å². The van der Waals surface area contributed by atoms with Gasteiger partial charge in [0.2, 0.25) is 5.91 Å². The second-order valence-electron chi connectivity index (χ2n) is 5.36. The van der Waals surface area contributed by atoms with E-state index in [9.17, 15) is 4.79 Å².